The Kier molecular flexibility index (Phi) is 6.40. The largest absolute Gasteiger partial charge is 0.505 e. The van der Waals surface area contributed by atoms with E-state index < -0.39 is 5.41 Å². The van der Waals surface area contributed by atoms with Crippen LogP contribution in [0.4, 0.5) is 11.4 Å². The Morgan fingerprint density at radius 3 is 1.31 bits per heavy atom. The minimum Gasteiger partial charge on any atom is -0.505 e. The minimum atomic E-state index is -0.573. The molecule has 0 heterocycles. The number of phenols is 2. The number of nitrogen functional groups attached to an aromatic ring is 2. The van der Waals surface area contributed by atoms with E-state index in [1.807, 2.05) is 86.6 Å². The first kappa shape index (κ1) is 23.4. The SMILES string of the molecule is CC(C)(c1cc(N)c(O)c(C#Cc2ccccc2)c1)c1cc(N)c(O)c(C#Cc2ccccc2)c1. The molecule has 0 saturated heterocycles. The third-order valence-electron chi connectivity index (χ3n) is 5.95. The van der Waals surface area contributed by atoms with Crippen LogP contribution in [0, 0.1) is 23.7 Å². The van der Waals surface area contributed by atoms with E-state index in [2.05, 4.69) is 23.7 Å². The molecule has 0 spiro atoms. The lowest BCUT2D eigenvalue weighted by atomic mass is 9.76. The van der Waals surface area contributed by atoms with Crippen LogP contribution < -0.4 is 11.5 Å². The van der Waals surface area contributed by atoms with Crippen molar-refractivity contribution in [3.63, 3.8) is 0 Å². The van der Waals surface area contributed by atoms with Crippen LogP contribution in [0.1, 0.15) is 47.2 Å². The first-order chi connectivity index (χ1) is 16.8. The molecule has 0 fully saturated rings. The molecular formula is C31H26N2O2. The van der Waals surface area contributed by atoms with Crippen LogP contribution >= 0.6 is 0 Å². The maximum absolute atomic E-state index is 10.5. The van der Waals surface area contributed by atoms with Crippen LogP contribution in [0.5, 0.6) is 11.5 Å². The third kappa shape index (κ3) is 5.08. The lowest BCUT2D eigenvalue weighted by Gasteiger charge is -2.28. The summed E-state index contributed by atoms with van der Waals surface area (Å²) in [4.78, 5) is 0. The molecular weight excluding hydrogens is 432 g/mol. The second kappa shape index (κ2) is 9.59. The Morgan fingerprint density at radius 2 is 0.943 bits per heavy atom. The predicted octanol–water partition coefficient (Wildman–Crippen LogP) is 5.39. The van der Waals surface area contributed by atoms with Crippen LogP contribution in [-0.4, -0.2) is 10.2 Å². The highest BCUT2D eigenvalue weighted by molar-refractivity contribution is 5.68. The predicted molar refractivity (Wildman–Crippen MR) is 142 cm³/mol. The molecule has 0 unspecified atom stereocenters. The minimum absolute atomic E-state index is 0.0485. The Balaban J connectivity index is 1.77. The first-order valence-electron chi connectivity index (χ1n) is 11.2. The highest BCUT2D eigenvalue weighted by Crippen LogP contribution is 2.39. The van der Waals surface area contributed by atoms with E-state index in [-0.39, 0.29) is 22.9 Å². The van der Waals surface area contributed by atoms with E-state index in [1.165, 1.54) is 0 Å². The Bertz CT molecular complexity index is 1390. The summed E-state index contributed by atoms with van der Waals surface area (Å²) in [6, 6.07) is 26.2. The summed E-state index contributed by atoms with van der Waals surface area (Å²) in [6.07, 6.45) is 0. The fourth-order valence-electron chi connectivity index (χ4n) is 3.71. The molecule has 0 radical (unpaired) electrons. The second-order valence-corrected chi connectivity index (χ2v) is 8.78. The molecule has 0 aliphatic rings. The van der Waals surface area contributed by atoms with E-state index >= 15 is 0 Å². The Labute approximate surface area is 205 Å². The highest BCUT2D eigenvalue weighted by Gasteiger charge is 2.27. The van der Waals surface area contributed by atoms with Crippen molar-refractivity contribution in [2.24, 2.45) is 0 Å². The number of rotatable bonds is 2. The van der Waals surface area contributed by atoms with E-state index in [9.17, 15) is 10.2 Å². The van der Waals surface area contributed by atoms with Gasteiger partial charge in [0.05, 0.1) is 22.5 Å². The quantitative estimate of drug-likeness (QED) is 0.184. The van der Waals surface area contributed by atoms with Gasteiger partial charge in [-0.1, -0.05) is 73.9 Å². The van der Waals surface area contributed by atoms with Crippen LogP contribution in [0.2, 0.25) is 0 Å². The van der Waals surface area contributed by atoms with Gasteiger partial charge in [-0.2, -0.15) is 0 Å². The molecule has 0 atom stereocenters. The van der Waals surface area contributed by atoms with Crippen molar-refractivity contribution in [3.05, 3.63) is 118 Å². The lowest BCUT2D eigenvalue weighted by Crippen LogP contribution is -2.20. The normalized spacial score (nSPS) is 10.6. The number of nitrogens with two attached hydrogens (primary N) is 2. The maximum Gasteiger partial charge on any atom is 0.154 e. The zero-order valence-corrected chi connectivity index (χ0v) is 19.6. The van der Waals surface area contributed by atoms with Crippen molar-refractivity contribution in [1.82, 2.24) is 0 Å². The first-order valence-corrected chi connectivity index (χ1v) is 11.2. The van der Waals surface area contributed by atoms with Crippen molar-refractivity contribution in [2.75, 3.05) is 11.5 Å². The van der Waals surface area contributed by atoms with Gasteiger partial charge in [-0.15, -0.1) is 0 Å². The molecule has 0 aliphatic heterocycles. The lowest BCUT2D eigenvalue weighted by molar-refractivity contribution is 0.475. The molecule has 0 bridgehead atoms. The number of phenolic OH excluding ortho intramolecular Hbond substituents is 2. The van der Waals surface area contributed by atoms with Crippen LogP contribution in [-0.2, 0) is 5.41 Å². The fourth-order valence-corrected chi connectivity index (χ4v) is 3.71. The van der Waals surface area contributed by atoms with Crippen molar-refractivity contribution in [3.8, 4) is 35.2 Å². The molecule has 0 amide bonds. The van der Waals surface area contributed by atoms with Crippen LogP contribution in [0.15, 0.2) is 84.9 Å². The summed E-state index contributed by atoms with van der Waals surface area (Å²) in [5, 5.41) is 21.1. The van der Waals surface area contributed by atoms with Crippen molar-refractivity contribution in [1.29, 1.82) is 0 Å². The molecule has 6 N–H and O–H groups in total. The van der Waals surface area contributed by atoms with Gasteiger partial charge in [0.15, 0.2) is 11.5 Å². The molecule has 35 heavy (non-hydrogen) atoms. The summed E-state index contributed by atoms with van der Waals surface area (Å²) in [6.45, 7) is 4.04. The summed E-state index contributed by atoms with van der Waals surface area (Å²) in [5.41, 5.74) is 16.5. The summed E-state index contributed by atoms with van der Waals surface area (Å²) in [5.74, 6) is 12.1. The fraction of sp³-hybridized carbons (Fsp3) is 0.0968. The monoisotopic (exact) mass is 458 g/mol. The third-order valence-corrected chi connectivity index (χ3v) is 5.95. The summed E-state index contributed by atoms with van der Waals surface area (Å²) < 4.78 is 0. The molecule has 0 saturated carbocycles. The number of benzene rings is 4. The van der Waals surface area contributed by atoms with Gasteiger partial charge < -0.3 is 21.7 Å². The Hall–Kier alpha value is -4.80. The average Bonchev–Trinajstić information content (AvgIpc) is 2.86. The van der Waals surface area contributed by atoms with Gasteiger partial charge in [0.2, 0.25) is 0 Å². The van der Waals surface area contributed by atoms with Gasteiger partial charge >= 0.3 is 0 Å². The Morgan fingerprint density at radius 1 is 0.571 bits per heavy atom. The molecule has 4 aromatic carbocycles. The van der Waals surface area contributed by atoms with Crippen LogP contribution in [0.25, 0.3) is 0 Å². The molecule has 4 nitrogen and oxygen atoms in total. The second-order valence-electron chi connectivity index (χ2n) is 8.78. The van der Waals surface area contributed by atoms with Crippen molar-refractivity contribution >= 4 is 11.4 Å². The van der Waals surface area contributed by atoms with Crippen LogP contribution in [0.3, 0.4) is 0 Å². The molecule has 0 aliphatic carbocycles. The van der Waals surface area contributed by atoms with E-state index in [0.29, 0.717) is 11.1 Å². The van der Waals surface area contributed by atoms with Crippen molar-refractivity contribution in [2.45, 2.75) is 19.3 Å². The van der Waals surface area contributed by atoms with Gasteiger partial charge in [-0.25, -0.2) is 0 Å². The number of hydrogen-bond donors (Lipinski definition) is 4. The molecule has 4 heteroatoms. The average molecular weight is 459 g/mol. The smallest absolute Gasteiger partial charge is 0.154 e. The molecule has 0 aromatic heterocycles. The zero-order chi connectivity index (χ0) is 25.0. The van der Waals surface area contributed by atoms with E-state index in [4.69, 9.17) is 11.5 Å². The number of anilines is 2. The topological polar surface area (TPSA) is 92.5 Å². The van der Waals surface area contributed by atoms with E-state index in [0.717, 1.165) is 22.3 Å². The van der Waals surface area contributed by atoms with Gasteiger partial charge in [-0.05, 0) is 59.7 Å². The van der Waals surface area contributed by atoms with Crippen molar-refractivity contribution < 1.29 is 10.2 Å². The molecule has 172 valence electrons. The number of hydrogen-bond acceptors (Lipinski definition) is 4. The van der Waals surface area contributed by atoms with Gasteiger partial charge in [0.25, 0.3) is 0 Å². The van der Waals surface area contributed by atoms with Gasteiger partial charge in [-0.3, -0.25) is 0 Å². The summed E-state index contributed by atoms with van der Waals surface area (Å²) >= 11 is 0. The summed E-state index contributed by atoms with van der Waals surface area (Å²) in [7, 11) is 0. The highest BCUT2D eigenvalue weighted by atomic mass is 16.3. The zero-order valence-electron chi connectivity index (χ0n) is 19.6. The standard InChI is InChI=1S/C31H26N2O2/c1-31(2,25-17-23(29(34)27(32)19-25)15-13-21-9-5-3-6-10-21)26-18-24(30(35)28(33)20-26)16-14-22-11-7-4-8-12-22/h3-12,17-20,34-35H,32-33H2,1-2H3. The van der Waals surface area contributed by atoms with Gasteiger partial charge in [0, 0.05) is 16.5 Å². The van der Waals surface area contributed by atoms with E-state index in [1.54, 1.807) is 12.1 Å². The maximum atomic E-state index is 10.5. The number of aromatic hydroxyl groups is 2. The molecule has 4 aromatic rings. The molecule has 4 rings (SSSR count). The van der Waals surface area contributed by atoms with Gasteiger partial charge in [0.1, 0.15) is 0 Å².